The summed E-state index contributed by atoms with van der Waals surface area (Å²) < 4.78 is 39.7. The van der Waals surface area contributed by atoms with Crippen LogP contribution < -0.4 is 11.4 Å². The molecule has 2 heterocycles. The number of hydrogen-bond acceptors (Lipinski definition) is 5. The SMILES string of the molecule is N#Cc1cccc(-n2c(=O)nc(N)c3ccc(C(F)(F)F)nc32)c1. The molecule has 0 aliphatic carbocycles. The Labute approximate surface area is 132 Å². The maximum Gasteiger partial charge on any atom is 0.433 e. The molecular formula is C15H8F3N5O. The van der Waals surface area contributed by atoms with Crippen LogP contribution in [0.3, 0.4) is 0 Å². The normalized spacial score (nSPS) is 11.4. The van der Waals surface area contributed by atoms with Crippen LogP contribution in [-0.2, 0) is 6.18 Å². The summed E-state index contributed by atoms with van der Waals surface area (Å²) in [5, 5.41) is 9.05. The van der Waals surface area contributed by atoms with Gasteiger partial charge in [0.1, 0.15) is 11.5 Å². The molecule has 3 rings (SSSR count). The molecule has 0 aliphatic heterocycles. The molecule has 0 spiro atoms. The quantitative estimate of drug-likeness (QED) is 0.737. The van der Waals surface area contributed by atoms with Crippen molar-refractivity contribution in [1.82, 2.24) is 14.5 Å². The smallest absolute Gasteiger partial charge is 0.383 e. The Kier molecular flexibility index (Phi) is 3.45. The second-order valence-corrected chi connectivity index (χ2v) is 4.84. The van der Waals surface area contributed by atoms with Crippen molar-refractivity contribution in [3.8, 4) is 11.8 Å². The standard InChI is InChI=1S/C15H8F3N5O/c16-15(17,18)11-5-4-10-12(20)22-14(24)23(13(10)21-11)9-3-1-2-8(6-9)7-19/h1-6H,(H2,20,22,24). The van der Waals surface area contributed by atoms with Gasteiger partial charge in [-0.2, -0.15) is 23.4 Å². The first-order valence-corrected chi connectivity index (χ1v) is 6.58. The minimum Gasteiger partial charge on any atom is -0.383 e. The molecule has 0 saturated heterocycles. The van der Waals surface area contributed by atoms with Crippen molar-refractivity contribution in [3.63, 3.8) is 0 Å². The van der Waals surface area contributed by atoms with Gasteiger partial charge in [0, 0.05) is 0 Å². The van der Waals surface area contributed by atoms with Crippen LogP contribution in [0.5, 0.6) is 0 Å². The molecule has 2 aromatic heterocycles. The molecule has 9 heteroatoms. The monoisotopic (exact) mass is 331 g/mol. The van der Waals surface area contributed by atoms with Gasteiger partial charge in [0.15, 0.2) is 5.65 Å². The molecule has 0 amide bonds. The van der Waals surface area contributed by atoms with Crippen LogP contribution in [0.25, 0.3) is 16.7 Å². The van der Waals surface area contributed by atoms with E-state index in [1.54, 1.807) is 0 Å². The summed E-state index contributed by atoms with van der Waals surface area (Å²) in [4.78, 5) is 19.3. The molecule has 24 heavy (non-hydrogen) atoms. The zero-order chi connectivity index (χ0) is 17.5. The van der Waals surface area contributed by atoms with Gasteiger partial charge in [0.2, 0.25) is 0 Å². The second kappa shape index (κ2) is 5.34. The van der Waals surface area contributed by atoms with Crippen LogP contribution in [-0.4, -0.2) is 14.5 Å². The van der Waals surface area contributed by atoms with Crippen molar-refractivity contribution in [1.29, 1.82) is 5.26 Å². The van der Waals surface area contributed by atoms with E-state index in [1.165, 1.54) is 24.3 Å². The van der Waals surface area contributed by atoms with E-state index in [9.17, 15) is 18.0 Å². The van der Waals surface area contributed by atoms with Crippen LogP contribution in [0.15, 0.2) is 41.2 Å². The van der Waals surface area contributed by atoms with Gasteiger partial charge in [-0.05, 0) is 30.3 Å². The van der Waals surface area contributed by atoms with Gasteiger partial charge >= 0.3 is 11.9 Å². The predicted molar refractivity (Wildman–Crippen MR) is 79.3 cm³/mol. The number of halogens is 3. The van der Waals surface area contributed by atoms with Crippen molar-refractivity contribution >= 4 is 16.9 Å². The summed E-state index contributed by atoms with van der Waals surface area (Å²) >= 11 is 0. The Morgan fingerprint density at radius 3 is 2.58 bits per heavy atom. The Bertz CT molecular complexity index is 1050. The zero-order valence-corrected chi connectivity index (χ0v) is 11.9. The first-order valence-electron chi connectivity index (χ1n) is 6.58. The second-order valence-electron chi connectivity index (χ2n) is 4.84. The molecule has 0 radical (unpaired) electrons. The molecule has 6 nitrogen and oxygen atoms in total. The number of anilines is 1. The Morgan fingerprint density at radius 1 is 1.17 bits per heavy atom. The maximum atomic E-state index is 12.9. The molecule has 3 aromatic rings. The molecule has 120 valence electrons. The molecule has 0 saturated carbocycles. The van der Waals surface area contributed by atoms with Crippen molar-refractivity contribution in [2.75, 3.05) is 5.73 Å². The van der Waals surface area contributed by atoms with Gasteiger partial charge in [0.05, 0.1) is 22.7 Å². The number of nitrogens with zero attached hydrogens (tertiary/aromatic N) is 4. The number of nitrogen functional groups attached to an aromatic ring is 1. The summed E-state index contributed by atoms with van der Waals surface area (Å²) in [6.07, 6.45) is -4.68. The van der Waals surface area contributed by atoms with Crippen LogP contribution in [0.2, 0.25) is 0 Å². The first-order chi connectivity index (χ1) is 11.3. The third-order valence-electron chi connectivity index (χ3n) is 3.29. The van der Waals surface area contributed by atoms with E-state index in [-0.39, 0.29) is 28.1 Å². The largest absolute Gasteiger partial charge is 0.433 e. The number of hydrogen-bond donors (Lipinski definition) is 1. The Hall–Kier alpha value is -3.41. The predicted octanol–water partition coefficient (Wildman–Crippen LogP) is 2.25. The highest BCUT2D eigenvalue weighted by molar-refractivity contribution is 5.86. The molecule has 0 bridgehead atoms. The van der Waals surface area contributed by atoms with Crippen molar-refractivity contribution in [3.05, 3.63) is 58.1 Å². The molecule has 0 aliphatic rings. The number of benzene rings is 1. The van der Waals surface area contributed by atoms with E-state index in [1.807, 2.05) is 6.07 Å². The van der Waals surface area contributed by atoms with Gasteiger partial charge in [0.25, 0.3) is 0 Å². The number of nitriles is 1. The van der Waals surface area contributed by atoms with E-state index < -0.39 is 17.6 Å². The van der Waals surface area contributed by atoms with Gasteiger partial charge < -0.3 is 5.73 Å². The van der Waals surface area contributed by atoms with Gasteiger partial charge in [-0.25, -0.2) is 14.3 Å². The lowest BCUT2D eigenvalue weighted by Crippen LogP contribution is -2.24. The lowest BCUT2D eigenvalue weighted by molar-refractivity contribution is -0.141. The van der Waals surface area contributed by atoms with E-state index in [0.717, 1.165) is 16.7 Å². The van der Waals surface area contributed by atoms with Crippen LogP contribution in [0.1, 0.15) is 11.3 Å². The van der Waals surface area contributed by atoms with E-state index >= 15 is 0 Å². The highest BCUT2D eigenvalue weighted by Gasteiger charge is 2.33. The highest BCUT2D eigenvalue weighted by Crippen LogP contribution is 2.30. The lowest BCUT2D eigenvalue weighted by atomic mass is 10.2. The average Bonchev–Trinajstić information content (AvgIpc) is 2.53. The number of aromatic nitrogens is 3. The Balaban J connectivity index is 2.42. The van der Waals surface area contributed by atoms with E-state index in [2.05, 4.69) is 9.97 Å². The van der Waals surface area contributed by atoms with Gasteiger partial charge in [-0.15, -0.1) is 0 Å². The summed E-state index contributed by atoms with van der Waals surface area (Å²) in [6.45, 7) is 0. The molecule has 0 unspecified atom stereocenters. The van der Waals surface area contributed by atoms with Crippen molar-refractivity contribution in [2.45, 2.75) is 6.18 Å². The molecule has 0 atom stereocenters. The third-order valence-corrected chi connectivity index (χ3v) is 3.29. The molecule has 1 aromatic carbocycles. The Morgan fingerprint density at radius 2 is 1.92 bits per heavy atom. The zero-order valence-electron chi connectivity index (χ0n) is 11.9. The summed E-state index contributed by atoms with van der Waals surface area (Å²) in [5.74, 6) is -0.219. The van der Waals surface area contributed by atoms with Crippen LogP contribution in [0.4, 0.5) is 19.0 Å². The highest BCUT2D eigenvalue weighted by atomic mass is 19.4. The first kappa shape index (κ1) is 15.5. The topological polar surface area (TPSA) is 97.6 Å². The number of rotatable bonds is 1. The van der Waals surface area contributed by atoms with Crippen LogP contribution in [0, 0.1) is 11.3 Å². The van der Waals surface area contributed by atoms with Gasteiger partial charge in [-0.1, -0.05) is 6.07 Å². The fourth-order valence-corrected chi connectivity index (χ4v) is 2.23. The minimum absolute atomic E-state index is 0.102. The molecular weight excluding hydrogens is 323 g/mol. The maximum absolute atomic E-state index is 12.9. The fourth-order valence-electron chi connectivity index (χ4n) is 2.23. The lowest BCUT2D eigenvalue weighted by Gasteiger charge is -2.12. The third kappa shape index (κ3) is 2.54. The van der Waals surface area contributed by atoms with Gasteiger partial charge in [-0.3, -0.25) is 0 Å². The van der Waals surface area contributed by atoms with E-state index in [0.29, 0.717) is 0 Å². The fraction of sp³-hybridized carbons (Fsp3) is 0.0667. The number of fused-ring (bicyclic) bond motifs is 1. The molecule has 2 N–H and O–H groups in total. The summed E-state index contributed by atoms with van der Waals surface area (Å²) in [5.41, 5.74) is 3.69. The summed E-state index contributed by atoms with van der Waals surface area (Å²) in [7, 11) is 0. The average molecular weight is 331 g/mol. The number of pyridine rings is 1. The minimum atomic E-state index is -4.68. The number of alkyl halides is 3. The van der Waals surface area contributed by atoms with Crippen LogP contribution >= 0.6 is 0 Å². The molecule has 0 fully saturated rings. The summed E-state index contributed by atoms with van der Waals surface area (Å²) in [6, 6.07) is 9.56. The number of nitrogens with two attached hydrogens (primary N) is 1. The van der Waals surface area contributed by atoms with E-state index in [4.69, 9.17) is 11.0 Å². The van der Waals surface area contributed by atoms with Crippen molar-refractivity contribution in [2.24, 2.45) is 0 Å². The van der Waals surface area contributed by atoms with Crippen molar-refractivity contribution < 1.29 is 13.2 Å².